The second-order valence-electron chi connectivity index (χ2n) is 6.79. The standard InChI is InChI=1S/C21H24N2O3/c24-19(15-17-7-2-1-3-8-17)18-9-6-13-23(16-18)21(26)11-14-22-12-5-4-10-20(22)25/h1-5,7-8,10,12,18H,6,9,11,13-16H2/t18-/m0/s1. The third-order valence-corrected chi connectivity index (χ3v) is 4.92. The number of ketones is 1. The molecule has 1 atom stereocenters. The molecule has 1 amide bonds. The summed E-state index contributed by atoms with van der Waals surface area (Å²) in [7, 11) is 0. The van der Waals surface area contributed by atoms with Gasteiger partial charge in [-0.15, -0.1) is 0 Å². The number of hydrogen-bond donors (Lipinski definition) is 0. The third-order valence-electron chi connectivity index (χ3n) is 4.92. The molecule has 2 aromatic rings. The van der Waals surface area contributed by atoms with Gasteiger partial charge in [0, 0.05) is 50.7 Å². The van der Waals surface area contributed by atoms with Crippen molar-refractivity contribution in [3.63, 3.8) is 0 Å². The number of aromatic nitrogens is 1. The van der Waals surface area contributed by atoms with Crippen LogP contribution in [0.1, 0.15) is 24.8 Å². The van der Waals surface area contributed by atoms with Gasteiger partial charge in [-0.2, -0.15) is 0 Å². The van der Waals surface area contributed by atoms with E-state index in [-0.39, 0.29) is 29.6 Å². The Bertz CT molecular complexity index is 813. The monoisotopic (exact) mass is 352 g/mol. The number of pyridine rings is 1. The molecule has 1 aliphatic rings. The summed E-state index contributed by atoms with van der Waals surface area (Å²) in [5.41, 5.74) is 0.916. The number of piperidine rings is 1. The van der Waals surface area contributed by atoms with Crippen molar-refractivity contribution in [2.45, 2.75) is 32.2 Å². The van der Waals surface area contributed by atoms with Gasteiger partial charge in [0.2, 0.25) is 5.91 Å². The molecule has 1 aliphatic heterocycles. The molecular weight excluding hydrogens is 328 g/mol. The molecule has 0 radical (unpaired) electrons. The number of nitrogens with zero attached hydrogens (tertiary/aromatic N) is 2. The lowest BCUT2D eigenvalue weighted by atomic mass is 9.90. The topological polar surface area (TPSA) is 59.4 Å². The zero-order chi connectivity index (χ0) is 18.4. The lowest BCUT2D eigenvalue weighted by Crippen LogP contribution is -2.43. The summed E-state index contributed by atoms with van der Waals surface area (Å²) < 4.78 is 1.54. The Kier molecular flexibility index (Phi) is 6.00. The van der Waals surface area contributed by atoms with Crippen LogP contribution >= 0.6 is 0 Å². The summed E-state index contributed by atoms with van der Waals surface area (Å²) in [6.07, 6.45) is 4.09. The van der Waals surface area contributed by atoms with E-state index in [4.69, 9.17) is 0 Å². The van der Waals surface area contributed by atoms with E-state index in [1.807, 2.05) is 30.3 Å². The normalized spacial score (nSPS) is 17.1. The molecule has 5 heteroatoms. The number of hydrogen-bond acceptors (Lipinski definition) is 3. The fraction of sp³-hybridized carbons (Fsp3) is 0.381. The molecule has 0 saturated carbocycles. The van der Waals surface area contributed by atoms with E-state index in [1.54, 1.807) is 27.8 Å². The first-order valence-electron chi connectivity index (χ1n) is 9.13. The zero-order valence-corrected chi connectivity index (χ0v) is 14.8. The minimum Gasteiger partial charge on any atom is -0.342 e. The maximum Gasteiger partial charge on any atom is 0.250 e. The summed E-state index contributed by atoms with van der Waals surface area (Å²) in [5, 5.41) is 0. The fourth-order valence-corrected chi connectivity index (χ4v) is 3.43. The molecule has 26 heavy (non-hydrogen) atoms. The Labute approximate surface area is 153 Å². The molecule has 0 N–H and O–H groups in total. The highest BCUT2D eigenvalue weighted by atomic mass is 16.2. The fourth-order valence-electron chi connectivity index (χ4n) is 3.43. The summed E-state index contributed by atoms with van der Waals surface area (Å²) in [4.78, 5) is 38.6. The Morgan fingerprint density at radius 2 is 1.81 bits per heavy atom. The molecule has 1 saturated heterocycles. The molecular formula is C21H24N2O3. The number of benzene rings is 1. The van der Waals surface area contributed by atoms with E-state index in [2.05, 4.69) is 0 Å². The second-order valence-corrected chi connectivity index (χ2v) is 6.79. The predicted octanol–water partition coefficient (Wildman–Crippen LogP) is 2.29. The van der Waals surface area contributed by atoms with Crippen LogP contribution in [-0.4, -0.2) is 34.2 Å². The summed E-state index contributed by atoms with van der Waals surface area (Å²) in [6.45, 7) is 1.56. The largest absolute Gasteiger partial charge is 0.342 e. The Hall–Kier alpha value is -2.69. The average molecular weight is 352 g/mol. The summed E-state index contributed by atoms with van der Waals surface area (Å²) >= 11 is 0. The highest BCUT2D eigenvalue weighted by Crippen LogP contribution is 2.20. The van der Waals surface area contributed by atoms with Crippen LogP contribution in [0, 0.1) is 5.92 Å². The molecule has 5 nitrogen and oxygen atoms in total. The maximum atomic E-state index is 12.6. The third kappa shape index (κ3) is 4.69. The van der Waals surface area contributed by atoms with Crippen LogP contribution in [-0.2, 0) is 22.6 Å². The molecule has 0 unspecified atom stereocenters. The van der Waals surface area contributed by atoms with Crippen LogP contribution in [0.2, 0.25) is 0 Å². The summed E-state index contributed by atoms with van der Waals surface area (Å²) in [5.74, 6) is 0.123. The SMILES string of the molecule is O=C(Cc1ccccc1)[C@H]1CCCN(C(=O)CCn2ccccc2=O)C1. The lowest BCUT2D eigenvalue weighted by molar-refractivity contribution is -0.135. The first kappa shape index (κ1) is 18.1. The van der Waals surface area contributed by atoms with Gasteiger partial charge in [0.15, 0.2) is 0 Å². The van der Waals surface area contributed by atoms with Gasteiger partial charge in [-0.05, 0) is 24.5 Å². The van der Waals surface area contributed by atoms with Gasteiger partial charge < -0.3 is 9.47 Å². The first-order valence-corrected chi connectivity index (χ1v) is 9.13. The van der Waals surface area contributed by atoms with Gasteiger partial charge in [-0.3, -0.25) is 14.4 Å². The van der Waals surface area contributed by atoms with Gasteiger partial charge in [-0.1, -0.05) is 36.4 Å². The van der Waals surface area contributed by atoms with E-state index in [1.165, 1.54) is 6.07 Å². The quantitative estimate of drug-likeness (QED) is 0.801. The number of rotatable bonds is 6. The number of Topliss-reactive ketones (excluding diaryl/α,β-unsaturated/α-hetero) is 1. The van der Waals surface area contributed by atoms with Gasteiger partial charge in [0.25, 0.3) is 5.56 Å². The number of carbonyl (C=O) groups excluding carboxylic acids is 2. The molecule has 0 aliphatic carbocycles. The molecule has 3 rings (SSSR count). The van der Waals surface area contributed by atoms with Gasteiger partial charge in [-0.25, -0.2) is 0 Å². The molecule has 1 aromatic carbocycles. The molecule has 1 aromatic heterocycles. The molecule has 2 heterocycles. The van der Waals surface area contributed by atoms with Crippen molar-refractivity contribution in [3.05, 3.63) is 70.6 Å². The number of amides is 1. The van der Waals surface area contributed by atoms with Crippen molar-refractivity contribution >= 4 is 11.7 Å². The summed E-state index contributed by atoms with van der Waals surface area (Å²) in [6, 6.07) is 14.7. The molecule has 0 spiro atoms. The number of aryl methyl sites for hydroxylation is 1. The van der Waals surface area contributed by atoms with E-state index < -0.39 is 0 Å². The predicted molar refractivity (Wildman–Crippen MR) is 99.8 cm³/mol. The number of carbonyl (C=O) groups is 2. The van der Waals surface area contributed by atoms with Crippen molar-refractivity contribution in [1.29, 1.82) is 0 Å². The Morgan fingerprint density at radius 3 is 2.58 bits per heavy atom. The maximum absolute atomic E-state index is 12.6. The minimum atomic E-state index is -0.102. The van der Waals surface area contributed by atoms with Crippen LogP contribution in [0.15, 0.2) is 59.5 Å². The average Bonchev–Trinajstić information content (AvgIpc) is 2.68. The highest BCUT2D eigenvalue weighted by Gasteiger charge is 2.28. The zero-order valence-electron chi connectivity index (χ0n) is 14.8. The van der Waals surface area contributed by atoms with Crippen LogP contribution in [0.5, 0.6) is 0 Å². The highest BCUT2D eigenvalue weighted by molar-refractivity contribution is 5.84. The molecule has 136 valence electrons. The van der Waals surface area contributed by atoms with Gasteiger partial charge in [0.1, 0.15) is 5.78 Å². The second kappa shape index (κ2) is 8.61. The number of likely N-dealkylation sites (tertiary alicyclic amines) is 1. The van der Waals surface area contributed by atoms with Gasteiger partial charge in [0.05, 0.1) is 0 Å². The van der Waals surface area contributed by atoms with Crippen LogP contribution < -0.4 is 5.56 Å². The van der Waals surface area contributed by atoms with Gasteiger partial charge >= 0.3 is 0 Å². The first-order chi connectivity index (χ1) is 12.6. The van der Waals surface area contributed by atoms with Crippen molar-refractivity contribution < 1.29 is 9.59 Å². The van der Waals surface area contributed by atoms with Crippen molar-refractivity contribution in [2.24, 2.45) is 5.92 Å². The smallest absolute Gasteiger partial charge is 0.250 e. The van der Waals surface area contributed by atoms with Crippen molar-refractivity contribution in [2.75, 3.05) is 13.1 Å². The van der Waals surface area contributed by atoms with E-state index in [0.29, 0.717) is 26.1 Å². The van der Waals surface area contributed by atoms with Crippen LogP contribution in [0.3, 0.4) is 0 Å². The Balaban J connectivity index is 1.54. The van der Waals surface area contributed by atoms with Crippen molar-refractivity contribution in [1.82, 2.24) is 9.47 Å². The van der Waals surface area contributed by atoms with E-state index in [9.17, 15) is 14.4 Å². The lowest BCUT2D eigenvalue weighted by Gasteiger charge is -2.32. The van der Waals surface area contributed by atoms with Crippen LogP contribution in [0.25, 0.3) is 0 Å². The Morgan fingerprint density at radius 1 is 1.04 bits per heavy atom. The molecule has 1 fully saturated rings. The molecule has 0 bridgehead atoms. The van der Waals surface area contributed by atoms with E-state index >= 15 is 0 Å². The van der Waals surface area contributed by atoms with E-state index in [0.717, 1.165) is 18.4 Å². The van der Waals surface area contributed by atoms with Crippen molar-refractivity contribution in [3.8, 4) is 0 Å². The minimum absolute atomic E-state index is 0.0120. The van der Waals surface area contributed by atoms with Crippen LogP contribution in [0.4, 0.5) is 0 Å².